The van der Waals surface area contributed by atoms with Crippen molar-refractivity contribution in [2.75, 3.05) is 10.6 Å². The minimum atomic E-state index is -2.52. The molecule has 0 aromatic carbocycles. The molecule has 18 heteroatoms. The number of aromatic nitrogens is 8. The molecule has 4 aromatic rings. The average Bonchev–Trinajstić information content (AvgIpc) is 4.03. The quantitative estimate of drug-likeness (QED) is 0.102. The summed E-state index contributed by atoms with van der Waals surface area (Å²) in [7, 11) is -1.04. The van der Waals surface area contributed by atoms with Gasteiger partial charge in [0.05, 0.1) is 5.69 Å². The van der Waals surface area contributed by atoms with Gasteiger partial charge in [0.25, 0.3) is 11.9 Å². The van der Waals surface area contributed by atoms with Crippen molar-refractivity contribution in [3.05, 3.63) is 57.3 Å². The van der Waals surface area contributed by atoms with E-state index in [-0.39, 0.29) is 43.6 Å². The van der Waals surface area contributed by atoms with E-state index in [1.165, 1.54) is 12.8 Å². The monoisotopic (exact) mass is 818 g/mol. The van der Waals surface area contributed by atoms with Crippen molar-refractivity contribution >= 4 is 34.7 Å². The van der Waals surface area contributed by atoms with Gasteiger partial charge in [-0.15, -0.1) is 0 Å². The van der Waals surface area contributed by atoms with Gasteiger partial charge in [0.15, 0.2) is 0 Å². The zero-order valence-electron chi connectivity index (χ0n) is 31.0. The first-order chi connectivity index (χ1) is 25.5. The second-order valence-electron chi connectivity index (χ2n) is 15.1. The molecule has 0 radical (unpaired) electrons. The highest BCUT2D eigenvalue weighted by molar-refractivity contribution is 9.10. The van der Waals surface area contributed by atoms with Crippen LogP contribution in [0, 0.1) is 27.7 Å². The highest BCUT2D eigenvalue weighted by Gasteiger charge is 2.36. The second kappa shape index (κ2) is 16.6. The van der Waals surface area contributed by atoms with Crippen LogP contribution in [0.2, 0.25) is 5.82 Å². The molecule has 4 fully saturated rings. The van der Waals surface area contributed by atoms with Crippen LogP contribution in [-0.4, -0.2) is 80.6 Å². The third-order valence-corrected chi connectivity index (χ3v) is 10.4. The molecule has 0 bridgehead atoms. The Balaban J connectivity index is 0.000000160. The molecule has 4 heterocycles. The van der Waals surface area contributed by atoms with E-state index >= 15 is 0 Å². The number of hydrogen-bond acceptors (Lipinski definition) is 10. The fourth-order valence-corrected chi connectivity index (χ4v) is 7.03. The van der Waals surface area contributed by atoms with Crippen molar-refractivity contribution in [1.29, 1.82) is 0 Å². The van der Waals surface area contributed by atoms with Crippen molar-refractivity contribution in [1.82, 2.24) is 39.5 Å². The van der Waals surface area contributed by atoms with Crippen molar-refractivity contribution in [3.8, 4) is 11.9 Å². The van der Waals surface area contributed by atoms with E-state index in [4.69, 9.17) is 10.0 Å². The maximum absolute atomic E-state index is 13.3. The molecule has 12 nitrogen and oxygen atoms in total. The molecule has 292 valence electrons. The van der Waals surface area contributed by atoms with Crippen LogP contribution in [0.15, 0.2) is 28.9 Å². The van der Waals surface area contributed by atoms with Crippen LogP contribution in [-0.2, 0) is 0 Å². The Morgan fingerprint density at radius 1 is 0.648 bits per heavy atom. The smallest absolute Gasteiger partial charge is 0.427 e. The maximum atomic E-state index is 13.3. The van der Waals surface area contributed by atoms with Gasteiger partial charge in [-0.05, 0) is 100 Å². The fraction of sp³-hybridized carbons (Fsp3) is 0.611. The van der Waals surface area contributed by atoms with Crippen LogP contribution in [0.1, 0.15) is 111 Å². The molecule has 0 amide bonds. The Morgan fingerprint density at radius 2 is 1.09 bits per heavy atom. The third kappa shape index (κ3) is 11.2. The third-order valence-electron chi connectivity index (χ3n) is 10.0. The summed E-state index contributed by atoms with van der Waals surface area (Å²) in [5.74, 6) is -1.92. The van der Waals surface area contributed by atoms with Crippen LogP contribution >= 0.6 is 15.9 Å². The Kier molecular flexibility index (Phi) is 12.3. The van der Waals surface area contributed by atoms with Gasteiger partial charge in [-0.3, -0.25) is 0 Å². The zero-order chi connectivity index (χ0) is 38.8. The normalized spacial score (nSPS) is 19.6. The van der Waals surface area contributed by atoms with Crippen molar-refractivity contribution in [2.24, 2.45) is 0 Å². The van der Waals surface area contributed by atoms with Gasteiger partial charge in [-0.25, -0.2) is 36.9 Å². The maximum Gasteiger partial charge on any atom is 0.454 e. The molecule has 0 atom stereocenters. The summed E-state index contributed by atoms with van der Waals surface area (Å²) in [6.45, 7) is 7.70. The molecule has 0 aliphatic heterocycles. The second-order valence-corrected chi connectivity index (χ2v) is 15.9. The van der Waals surface area contributed by atoms with Gasteiger partial charge in [-0.2, -0.15) is 20.2 Å². The van der Waals surface area contributed by atoms with E-state index in [1.807, 2.05) is 45.9 Å². The van der Waals surface area contributed by atoms with Crippen LogP contribution in [0.25, 0.3) is 11.9 Å². The highest BCUT2D eigenvalue weighted by atomic mass is 79.9. The van der Waals surface area contributed by atoms with Gasteiger partial charge in [0, 0.05) is 78.6 Å². The molecule has 4 aliphatic carbocycles. The van der Waals surface area contributed by atoms with Gasteiger partial charge >= 0.3 is 7.12 Å². The lowest BCUT2D eigenvalue weighted by atomic mass is 9.84. The minimum Gasteiger partial charge on any atom is -0.427 e. The molecule has 4 saturated carbocycles. The molecule has 0 spiro atoms. The Bertz CT molecular complexity index is 1880. The van der Waals surface area contributed by atoms with Gasteiger partial charge < -0.3 is 20.7 Å². The lowest BCUT2D eigenvalue weighted by Gasteiger charge is -2.29. The summed E-state index contributed by atoms with van der Waals surface area (Å²) in [5.41, 5.74) is 4.65. The summed E-state index contributed by atoms with van der Waals surface area (Å²) < 4.78 is 57.3. The lowest BCUT2D eigenvalue weighted by Crippen LogP contribution is -2.32. The van der Waals surface area contributed by atoms with Gasteiger partial charge in [0.1, 0.15) is 16.2 Å². The topological polar surface area (TPSA) is 152 Å². The van der Waals surface area contributed by atoms with E-state index in [0.29, 0.717) is 59.7 Å². The Hall–Kier alpha value is -3.64. The molecule has 4 aromatic heterocycles. The molecule has 4 N–H and O–H groups in total. The molecule has 4 aliphatic rings. The first-order valence-corrected chi connectivity index (χ1v) is 19.5. The number of anilines is 2. The number of hydrogen-bond donors (Lipinski definition) is 4. The number of aryl methyl sites for hydroxylation is 4. The number of nitrogens with one attached hydrogen (secondary N) is 2. The Morgan fingerprint density at radius 3 is 1.46 bits per heavy atom. The fourth-order valence-electron chi connectivity index (χ4n) is 6.54. The zero-order valence-corrected chi connectivity index (χ0v) is 32.6. The van der Waals surface area contributed by atoms with Crippen LogP contribution in [0.4, 0.5) is 29.2 Å². The SMILES string of the molecule is Cc1cc(NC2CCC(F)(F)CC2)nc(-n2nc(Br)cc2C)n1.Cc1cc(NC2CCC(F)(F)CC2)nc(-n2nc(C3CC3)cc2C)n1.OB(O)C1CC1. The van der Waals surface area contributed by atoms with Gasteiger partial charge in [-0.1, -0.05) is 12.8 Å². The number of nitrogens with zero attached hydrogens (tertiary/aromatic N) is 8. The predicted octanol–water partition coefficient (Wildman–Crippen LogP) is 7.80. The highest BCUT2D eigenvalue weighted by Crippen LogP contribution is 2.40. The Labute approximate surface area is 321 Å². The minimum absolute atomic E-state index is 0.0160. The first kappa shape index (κ1) is 40.0. The largest absolute Gasteiger partial charge is 0.454 e. The van der Waals surface area contributed by atoms with E-state index < -0.39 is 19.0 Å². The number of alkyl halides is 4. The molecule has 8 rings (SSSR count). The van der Waals surface area contributed by atoms with Crippen LogP contribution in [0.5, 0.6) is 0 Å². The first-order valence-electron chi connectivity index (χ1n) is 18.7. The van der Waals surface area contributed by atoms with E-state index in [0.717, 1.165) is 41.3 Å². The standard InChI is InChI=1S/C18H23F2N5.C15H18BrF2N5.C3H7BO2/c1-11-9-16(22-14-5-7-18(19,20)8-6-14)23-17(21-11)25-12(2)10-15(24-25)13-3-4-13;1-9-7-13(20-11-3-5-15(17,18)6-4-11)21-14(19-9)23-10(2)8-12(16)22-23;5-4(6)3-1-2-3/h9-10,13-14H,3-8H2,1-2H3,(H,21,22,23);7-8,11H,3-6H2,1-2H3,(H,19,20,21);3,5-6H,1-2H2. The molecule has 54 heavy (non-hydrogen) atoms. The number of halogens is 5. The summed E-state index contributed by atoms with van der Waals surface area (Å²) in [5, 5.41) is 32.0. The average molecular weight is 820 g/mol. The van der Waals surface area contributed by atoms with Crippen molar-refractivity contribution in [2.45, 2.75) is 140 Å². The molecule has 0 saturated heterocycles. The molecular formula is C36H48BBrF4N10O2. The van der Waals surface area contributed by atoms with E-state index in [1.54, 1.807) is 9.36 Å². The van der Waals surface area contributed by atoms with E-state index in [2.05, 4.69) is 62.8 Å². The summed E-state index contributed by atoms with van der Waals surface area (Å²) in [4.78, 5) is 18.0. The molecular weight excluding hydrogens is 771 g/mol. The van der Waals surface area contributed by atoms with Crippen LogP contribution < -0.4 is 10.6 Å². The number of rotatable bonds is 8. The summed E-state index contributed by atoms with van der Waals surface area (Å²) in [6.07, 6.45) is 5.91. The van der Waals surface area contributed by atoms with E-state index in [9.17, 15) is 17.6 Å². The molecule has 0 unspecified atom stereocenters. The van der Waals surface area contributed by atoms with Crippen LogP contribution in [0.3, 0.4) is 0 Å². The lowest BCUT2D eigenvalue weighted by molar-refractivity contribution is -0.0366. The van der Waals surface area contributed by atoms with Crippen molar-refractivity contribution < 1.29 is 27.6 Å². The summed E-state index contributed by atoms with van der Waals surface area (Å²) in [6, 6.07) is 7.70. The van der Waals surface area contributed by atoms with Gasteiger partial charge in [0.2, 0.25) is 11.8 Å². The predicted molar refractivity (Wildman–Crippen MR) is 202 cm³/mol. The summed E-state index contributed by atoms with van der Waals surface area (Å²) >= 11 is 3.33. The van der Waals surface area contributed by atoms with Crippen molar-refractivity contribution in [3.63, 3.8) is 0 Å².